The standard InChI is InChI=1S/C19H32N4/c1-5-21-18(23-17-6-10-19(3,4)11-7-17)22-13-9-16-8-12-20-14-15(16)2/h8,12,14,17H,5-7,9-11,13H2,1-4H3,(H2,21,22,23). The summed E-state index contributed by atoms with van der Waals surface area (Å²) in [5, 5.41) is 7.00. The van der Waals surface area contributed by atoms with Gasteiger partial charge in [0.2, 0.25) is 0 Å². The van der Waals surface area contributed by atoms with Gasteiger partial charge in [-0.15, -0.1) is 0 Å². The first-order valence-electron chi connectivity index (χ1n) is 8.94. The van der Waals surface area contributed by atoms with Gasteiger partial charge in [0.15, 0.2) is 5.96 Å². The van der Waals surface area contributed by atoms with Gasteiger partial charge in [-0.05, 0) is 68.6 Å². The second-order valence-corrected chi connectivity index (χ2v) is 7.40. The summed E-state index contributed by atoms with van der Waals surface area (Å²) < 4.78 is 0. The normalized spacial score (nSPS) is 18.7. The van der Waals surface area contributed by atoms with Gasteiger partial charge in [0, 0.05) is 31.5 Å². The lowest BCUT2D eigenvalue weighted by atomic mass is 9.75. The van der Waals surface area contributed by atoms with Crippen LogP contribution in [0.3, 0.4) is 0 Å². The molecule has 4 heteroatoms. The lowest BCUT2D eigenvalue weighted by Crippen LogP contribution is -2.45. The monoisotopic (exact) mass is 316 g/mol. The second-order valence-electron chi connectivity index (χ2n) is 7.40. The number of nitrogens with one attached hydrogen (secondary N) is 2. The average Bonchev–Trinajstić information content (AvgIpc) is 2.51. The highest BCUT2D eigenvalue weighted by molar-refractivity contribution is 5.80. The van der Waals surface area contributed by atoms with E-state index >= 15 is 0 Å². The molecule has 4 nitrogen and oxygen atoms in total. The molecule has 0 spiro atoms. The summed E-state index contributed by atoms with van der Waals surface area (Å²) in [6, 6.07) is 2.65. The Morgan fingerprint density at radius 1 is 1.35 bits per heavy atom. The number of hydrogen-bond donors (Lipinski definition) is 2. The summed E-state index contributed by atoms with van der Waals surface area (Å²) in [7, 11) is 0. The summed E-state index contributed by atoms with van der Waals surface area (Å²) in [6.45, 7) is 10.7. The van der Waals surface area contributed by atoms with Crippen LogP contribution in [0.25, 0.3) is 0 Å². The van der Waals surface area contributed by atoms with Crippen molar-refractivity contribution < 1.29 is 0 Å². The minimum Gasteiger partial charge on any atom is -0.357 e. The third kappa shape index (κ3) is 5.85. The molecule has 1 fully saturated rings. The van der Waals surface area contributed by atoms with E-state index in [1.807, 2.05) is 12.4 Å². The van der Waals surface area contributed by atoms with E-state index in [4.69, 9.17) is 4.99 Å². The predicted octanol–water partition coefficient (Wildman–Crippen LogP) is 3.46. The van der Waals surface area contributed by atoms with Gasteiger partial charge in [0.25, 0.3) is 0 Å². The number of aromatic nitrogens is 1. The van der Waals surface area contributed by atoms with E-state index in [1.54, 1.807) is 0 Å². The number of guanidine groups is 1. The molecule has 0 unspecified atom stereocenters. The molecular formula is C19H32N4. The largest absolute Gasteiger partial charge is 0.357 e. The first-order chi connectivity index (χ1) is 11.0. The van der Waals surface area contributed by atoms with Crippen LogP contribution in [-0.4, -0.2) is 30.1 Å². The molecule has 0 bridgehead atoms. The first kappa shape index (κ1) is 17.8. The molecule has 1 aliphatic rings. The van der Waals surface area contributed by atoms with Crippen LogP contribution < -0.4 is 10.6 Å². The van der Waals surface area contributed by atoms with Crippen molar-refractivity contribution in [1.29, 1.82) is 0 Å². The SMILES string of the molecule is CCNC(=NCCc1ccncc1C)NC1CCC(C)(C)CC1. The highest BCUT2D eigenvalue weighted by Crippen LogP contribution is 2.34. The van der Waals surface area contributed by atoms with E-state index in [1.165, 1.54) is 36.8 Å². The van der Waals surface area contributed by atoms with Crippen molar-refractivity contribution in [1.82, 2.24) is 15.6 Å². The summed E-state index contributed by atoms with van der Waals surface area (Å²) >= 11 is 0. The minimum absolute atomic E-state index is 0.506. The molecule has 0 aromatic carbocycles. The Labute approximate surface area is 141 Å². The van der Waals surface area contributed by atoms with Gasteiger partial charge in [0.05, 0.1) is 0 Å². The minimum atomic E-state index is 0.506. The Bertz CT molecular complexity index is 512. The first-order valence-corrected chi connectivity index (χ1v) is 8.94. The molecule has 2 rings (SSSR count). The van der Waals surface area contributed by atoms with Crippen molar-refractivity contribution in [3.8, 4) is 0 Å². The lowest BCUT2D eigenvalue weighted by molar-refractivity contribution is 0.216. The maximum absolute atomic E-state index is 4.75. The Hall–Kier alpha value is -1.58. The van der Waals surface area contributed by atoms with Gasteiger partial charge >= 0.3 is 0 Å². The molecule has 0 atom stereocenters. The maximum Gasteiger partial charge on any atom is 0.191 e. The van der Waals surface area contributed by atoms with Crippen molar-refractivity contribution in [2.75, 3.05) is 13.1 Å². The number of aliphatic imine (C=N–C) groups is 1. The number of hydrogen-bond acceptors (Lipinski definition) is 2. The van der Waals surface area contributed by atoms with E-state index in [2.05, 4.69) is 49.4 Å². The molecule has 1 saturated carbocycles. The van der Waals surface area contributed by atoms with E-state index in [-0.39, 0.29) is 0 Å². The third-order valence-electron chi connectivity index (χ3n) is 4.81. The lowest BCUT2D eigenvalue weighted by Gasteiger charge is -2.35. The van der Waals surface area contributed by atoms with Gasteiger partial charge in [-0.2, -0.15) is 0 Å². The summed E-state index contributed by atoms with van der Waals surface area (Å²) in [4.78, 5) is 8.90. The fourth-order valence-corrected chi connectivity index (χ4v) is 3.13. The number of rotatable bonds is 5. The van der Waals surface area contributed by atoms with Crippen molar-refractivity contribution in [2.24, 2.45) is 10.4 Å². The molecule has 23 heavy (non-hydrogen) atoms. The number of aryl methyl sites for hydroxylation is 1. The van der Waals surface area contributed by atoms with Crippen molar-refractivity contribution in [3.63, 3.8) is 0 Å². The second kappa shape index (κ2) is 8.32. The predicted molar refractivity (Wildman–Crippen MR) is 97.8 cm³/mol. The Morgan fingerprint density at radius 3 is 2.74 bits per heavy atom. The molecule has 0 radical (unpaired) electrons. The van der Waals surface area contributed by atoms with Crippen LogP contribution in [0.4, 0.5) is 0 Å². The molecule has 1 aliphatic carbocycles. The molecule has 1 aromatic heterocycles. The molecule has 0 amide bonds. The van der Waals surface area contributed by atoms with Gasteiger partial charge in [-0.3, -0.25) is 9.98 Å². The van der Waals surface area contributed by atoms with Gasteiger partial charge in [-0.25, -0.2) is 0 Å². The highest BCUT2D eigenvalue weighted by Gasteiger charge is 2.27. The van der Waals surface area contributed by atoms with E-state index in [0.29, 0.717) is 11.5 Å². The highest BCUT2D eigenvalue weighted by atomic mass is 15.2. The van der Waals surface area contributed by atoms with Gasteiger partial charge in [-0.1, -0.05) is 13.8 Å². The topological polar surface area (TPSA) is 49.3 Å². The third-order valence-corrected chi connectivity index (χ3v) is 4.81. The van der Waals surface area contributed by atoms with Gasteiger partial charge < -0.3 is 10.6 Å². The average molecular weight is 316 g/mol. The van der Waals surface area contributed by atoms with Crippen molar-refractivity contribution in [3.05, 3.63) is 29.6 Å². The Balaban J connectivity index is 1.86. The zero-order valence-corrected chi connectivity index (χ0v) is 15.2. The van der Waals surface area contributed by atoms with Gasteiger partial charge in [0.1, 0.15) is 0 Å². The smallest absolute Gasteiger partial charge is 0.191 e. The van der Waals surface area contributed by atoms with Crippen LogP contribution in [0.1, 0.15) is 57.6 Å². The van der Waals surface area contributed by atoms with Crippen molar-refractivity contribution in [2.45, 2.75) is 65.8 Å². The molecule has 1 heterocycles. The zero-order valence-electron chi connectivity index (χ0n) is 15.2. The maximum atomic E-state index is 4.75. The Kier molecular flexibility index (Phi) is 6.43. The van der Waals surface area contributed by atoms with Crippen LogP contribution >= 0.6 is 0 Å². The molecule has 0 saturated heterocycles. The molecule has 0 aliphatic heterocycles. The molecule has 1 aromatic rings. The molecule has 128 valence electrons. The summed E-state index contributed by atoms with van der Waals surface area (Å²) in [5.74, 6) is 0.962. The zero-order chi connectivity index (χ0) is 16.7. The van der Waals surface area contributed by atoms with Crippen LogP contribution in [-0.2, 0) is 6.42 Å². The van der Waals surface area contributed by atoms with E-state index in [9.17, 15) is 0 Å². The Morgan fingerprint density at radius 2 is 2.09 bits per heavy atom. The fraction of sp³-hybridized carbons (Fsp3) is 0.684. The number of pyridine rings is 1. The van der Waals surface area contributed by atoms with Crippen LogP contribution in [0.15, 0.2) is 23.5 Å². The van der Waals surface area contributed by atoms with E-state index < -0.39 is 0 Å². The fourth-order valence-electron chi connectivity index (χ4n) is 3.13. The van der Waals surface area contributed by atoms with Crippen molar-refractivity contribution >= 4 is 5.96 Å². The quantitative estimate of drug-likeness (QED) is 0.646. The van der Waals surface area contributed by atoms with E-state index in [0.717, 1.165) is 25.5 Å². The summed E-state index contributed by atoms with van der Waals surface area (Å²) in [6.07, 6.45) is 9.80. The molecule has 2 N–H and O–H groups in total. The molecular weight excluding hydrogens is 284 g/mol. The van der Waals surface area contributed by atoms with Crippen LogP contribution in [0.5, 0.6) is 0 Å². The number of nitrogens with zero attached hydrogens (tertiary/aromatic N) is 2. The van der Waals surface area contributed by atoms with Crippen LogP contribution in [0.2, 0.25) is 0 Å². The van der Waals surface area contributed by atoms with Crippen LogP contribution in [0, 0.1) is 12.3 Å². The summed E-state index contributed by atoms with van der Waals surface area (Å²) in [5.41, 5.74) is 3.08.